The molecule has 0 N–H and O–H groups in total. The second-order valence-electron chi connectivity index (χ2n) is 3.89. The topological polar surface area (TPSA) is 26.3 Å². The van der Waals surface area contributed by atoms with E-state index in [-0.39, 0.29) is 0 Å². The lowest BCUT2D eigenvalue weighted by molar-refractivity contribution is 0.511. The van der Waals surface area contributed by atoms with E-state index in [4.69, 9.17) is 4.52 Å². The molecule has 0 amide bonds. The minimum atomic E-state index is -2.13. The third-order valence-electron chi connectivity index (χ3n) is 2.84. The van der Waals surface area contributed by atoms with Gasteiger partial charge in [0.2, 0.25) is 0 Å². The Morgan fingerprint density at radius 1 is 1.00 bits per heavy atom. The van der Waals surface area contributed by atoms with Gasteiger partial charge in [-0.2, -0.15) is 0 Å². The molecule has 0 aliphatic carbocycles. The average molecular weight is 230 g/mol. The summed E-state index contributed by atoms with van der Waals surface area (Å²) in [5.74, 6) is 0.769. The van der Waals surface area contributed by atoms with Crippen molar-refractivity contribution >= 4 is 13.3 Å². The highest BCUT2D eigenvalue weighted by Gasteiger charge is 2.22. The van der Waals surface area contributed by atoms with Gasteiger partial charge in [-0.25, -0.2) is 0 Å². The van der Waals surface area contributed by atoms with Crippen LogP contribution in [-0.2, 0) is 4.57 Å². The summed E-state index contributed by atoms with van der Waals surface area (Å²) >= 11 is 0. The van der Waals surface area contributed by atoms with Crippen molar-refractivity contribution in [2.75, 3.05) is 0 Å². The Labute approximate surface area is 94.8 Å². The van der Waals surface area contributed by atoms with Gasteiger partial charge in [-0.15, -0.1) is 0 Å². The average Bonchev–Trinajstić information content (AvgIpc) is 2.31. The summed E-state index contributed by atoms with van der Waals surface area (Å²) in [5, 5.41) is 0.825. The molecule has 3 heteroatoms. The number of fused-ring (bicyclic) bond motifs is 3. The minimum Gasteiger partial charge on any atom is -0.441 e. The fraction of sp³-hybridized carbons (Fsp3) is 0.0769. The van der Waals surface area contributed by atoms with Crippen molar-refractivity contribution in [3.8, 4) is 16.9 Å². The van der Waals surface area contributed by atoms with Crippen LogP contribution in [0.15, 0.2) is 42.5 Å². The predicted octanol–water partition coefficient (Wildman–Crippen LogP) is 3.15. The highest BCUT2D eigenvalue weighted by Crippen LogP contribution is 2.43. The molecule has 0 saturated heterocycles. The molecule has 0 saturated carbocycles. The maximum Gasteiger partial charge on any atom is 0.266 e. The van der Waals surface area contributed by atoms with Crippen molar-refractivity contribution in [3.05, 3.63) is 48.0 Å². The van der Waals surface area contributed by atoms with Gasteiger partial charge in [0.05, 0.1) is 5.30 Å². The van der Waals surface area contributed by atoms with E-state index in [1.54, 1.807) is 0 Å². The molecule has 80 valence electrons. The number of para-hydroxylation sites is 1. The summed E-state index contributed by atoms with van der Waals surface area (Å²) < 4.78 is 17.5. The van der Waals surface area contributed by atoms with Gasteiger partial charge in [0, 0.05) is 5.56 Å². The maximum absolute atomic E-state index is 12.0. The lowest BCUT2D eigenvalue weighted by Gasteiger charge is -2.21. The van der Waals surface area contributed by atoms with Crippen LogP contribution in [0.2, 0.25) is 0 Å². The molecule has 16 heavy (non-hydrogen) atoms. The van der Waals surface area contributed by atoms with Gasteiger partial charge < -0.3 is 4.52 Å². The van der Waals surface area contributed by atoms with Crippen LogP contribution in [-0.4, -0.2) is 0 Å². The fourth-order valence-electron chi connectivity index (χ4n) is 2.04. The molecule has 2 nitrogen and oxygen atoms in total. The number of benzene rings is 2. The molecule has 2 aromatic rings. The Bertz CT molecular complexity index is 590. The molecular formula is C13H11O2P. The van der Waals surface area contributed by atoms with E-state index in [1.807, 2.05) is 49.4 Å². The first-order valence-electron chi connectivity index (χ1n) is 5.18. The molecule has 1 heterocycles. The van der Waals surface area contributed by atoms with Crippen LogP contribution >= 0.6 is 8.03 Å². The zero-order valence-corrected chi connectivity index (χ0v) is 9.86. The van der Waals surface area contributed by atoms with E-state index in [9.17, 15) is 4.57 Å². The second kappa shape index (κ2) is 3.50. The molecule has 1 unspecified atom stereocenters. The molecule has 0 radical (unpaired) electrons. The third-order valence-corrected chi connectivity index (χ3v) is 4.11. The smallest absolute Gasteiger partial charge is 0.266 e. The Kier molecular flexibility index (Phi) is 2.12. The summed E-state index contributed by atoms with van der Waals surface area (Å²) in [7, 11) is -2.13. The predicted molar refractivity (Wildman–Crippen MR) is 65.9 cm³/mol. The highest BCUT2D eigenvalue weighted by atomic mass is 31.1. The lowest BCUT2D eigenvalue weighted by Crippen LogP contribution is -2.10. The maximum atomic E-state index is 12.0. The zero-order chi connectivity index (χ0) is 11.1. The van der Waals surface area contributed by atoms with E-state index in [1.165, 1.54) is 0 Å². The Morgan fingerprint density at radius 3 is 2.62 bits per heavy atom. The van der Waals surface area contributed by atoms with E-state index in [0.717, 1.165) is 27.7 Å². The van der Waals surface area contributed by atoms with Crippen molar-refractivity contribution in [3.63, 3.8) is 0 Å². The van der Waals surface area contributed by atoms with Crippen LogP contribution in [0.4, 0.5) is 0 Å². The first kappa shape index (κ1) is 9.68. The van der Waals surface area contributed by atoms with Crippen LogP contribution in [0.25, 0.3) is 11.1 Å². The molecule has 0 spiro atoms. The van der Waals surface area contributed by atoms with Gasteiger partial charge >= 0.3 is 0 Å². The molecule has 3 rings (SSSR count). The lowest BCUT2D eigenvalue weighted by atomic mass is 10.0. The van der Waals surface area contributed by atoms with Gasteiger partial charge in [0.25, 0.3) is 8.03 Å². The monoisotopic (exact) mass is 230 g/mol. The van der Waals surface area contributed by atoms with Crippen LogP contribution in [0.1, 0.15) is 5.56 Å². The molecule has 1 atom stereocenters. The highest BCUT2D eigenvalue weighted by molar-refractivity contribution is 7.49. The molecule has 1 aliphatic rings. The van der Waals surface area contributed by atoms with Crippen molar-refractivity contribution in [1.82, 2.24) is 0 Å². The Morgan fingerprint density at radius 2 is 1.75 bits per heavy atom. The third kappa shape index (κ3) is 1.30. The fourth-order valence-corrected chi connectivity index (χ4v) is 3.28. The Balaban J connectivity index is 2.36. The largest absolute Gasteiger partial charge is 0.441 e. The second-order valence-corrected chi connectivity index (χ2v) is 5.20. The normalized spacial score (nSPS) is 17.2. The molecular weight excluding hydrogens is 219 g/mol. The summed E-state index contributed by atoms with van der Waals surface area (Å²) in [5.41, 5.74) is 3.11. The zero-order valence-electron chi connectivity index (χ0n) is 8.86. The first-order valence-corrected chi connectivity index (χ1v) is 6.50. The first-order chi connectivity index (χ1) is 7.77. The number of hydrogen-bond donors (Lipinski definition) is 0. The SMILES string of the molecule is Cc1cccc2c1O[PH](=O)c1ccccc1-2. The van der Waals surface area contributed by atoms with Crippen molar-refractivity contribution in [2.24, 2.45) is 0 Å². The van der Waals surface area contributed by atoms with Crippen molar-refractivity contribution in [1.29, 1.82) is 0 Å². The van der Waals surface area contributed by atoms with Crippen LogP contribution in [0.5, 0.6) is 5.75 Å². The van der Waals surface area contributed by atoms with Gasteiger partial charge in [0.1, 0.15) is 5.75 Å². The quantitative estimate of drug-likeness (QED) is 0.650. The summed E-state index contributed by atoms with van der Waals surface area (Å²) in [6.45, 7) is 1.97. The van der Waals surface area contributed by atoms with Crippen LogP contribution in [0, 0.1) is 6.92 Å². The number of rotatable bonds is 0. The molecule has 0 bridgehead atoms. The summed E-state index contributed by atoms with van der Waals surface area (Å²) in [6.07, 6.45) is 0. The van der Waals surface area contributed by atoms with Gasteiger partial charge in [0.15, 0.2) is 0 Å². The van der Waals surface area contributed by atoms with Gasteiger partial charge in [-0.05, 0) is 24.1 Å². The Hall–Kier alpha value is -1.53. The van der Waals surface area contributed by atoms with E-state index in [0.29, 0.717) is 0 Å². The molecule has 0 fully saturated rings. The molecule has 1 aliphatic heterocycles. The van der Waals surface area contributed by atoms with Gasteiger partial charge in [-0.3, -0.25) is 4.57 Å². The molecule has 0 aromatic heterocycles. The van der Waals surface area contributed by atoms with Crippen molar-refractivity contribution < 1.29 is 9.09 Å². The van der Waals surface area contributed by atoms with Crippen LogP contribution < -0.4 is 9.83 Å². The van der Waals surface area contributed by atoms with E-state index in [2.05, 4.69) is 0 Å². The summed E-state index contributed by atoms with van der Waals surface area (Å²) in [4.78, 5) is 0. The van der Waals surface area contributed by atoms with Crippen molar-refractivity contribution in [2.45, 2.75) is 6.92 Å². The number of hydrogen-bond acceptors (Lipinski definition) is 2. The van der Waals surface area contributed by atoms with E-state index >= 15 is 0 Å². The molecule has 2 aromatic carbocycles. The minimum absolute atomic E-state index is 0.769. The summed E-state index contributed by atoms with van der Waals surface area (Å²) in [6, 6.07) is 13.7. The standard InChI is InChI=1S/C13H11O2P/c1-9-5-4-7-11-10-6-2-3-8-12(10)16(14)15-13(9)11/h2-8,16H,1H3. The number of aryl methyl sites for hydroxylation is 1. The van der Waals surface area contributed by atoms with Gasteiger partial charge in [-0.1, -0.05) is 36.4 Å². The van der Waals surface area contributed by atoms with Crippen LogP contribution in [0.3, 0.4) is 0 Å². The van der Waals surface area contributed by atoms with E-state index < -0.39 is 8.03 Å².